The first-order chi connectivity index (χ1) is 11.0. The number of hydrogen-bond acceptors (Lipinski definition) is 4. The maximum atomic E-state index is 12.5. The molecular formula is C16H24N4O2S. The third-order valence-corrected chi connectivity index (χ3v) is 5.85. The maximum absolute atomic E-state index is 12.5. The van der Waals surface area contributed by atoms with Gasteiger partial charge in [0.25, 0.3) is 0 Å². The first kappa shape index (κ1) is 16.4. The van der Waals surface area contributed by atoms with Crippen LogP contribution in [0, 0.1) is 13.8 Å². The quantitative estimate of drug-likeness (QED) is 0.858. The topological polar surface area (TPSA) is 67.2 Å². The van der Waals surface area contributed by atoms with Gasteiger partial charge in [0.05, 0.1) is 10.9 Å². The van der Waals surface area contributed by atoms with E-state index < -0.39 is 0 Å². The van der Waals surface area contributed by atoms with E-state index in [4.69, 9.17) is 0 Å². The van der Waals surface area contributed by atoms with E-state index in [0.29, 0.717) is 19.1 Å². The highest BCUT2D eigenvalue weighted by atomic mass is 32.2. The highest BCUT2D eigenvalue weighted by Crippen LogP contribution is 2.36. The summed E-state index contributed by atoms with van der Waals surface area (Å²) in [5.41, 5.74) is 2.22. The van der Waals surface area contributed by atoms with E-state index in [1.165, 1.54) is 48.0 Å². The van der Waals surface area contributed by atoms with E-state index in [1.807, 2.05) is 13.8 Å². The number of carbonyl (C=O) groups is 2. The predicted molar refractivity (Wildman–Crippen MR) is 89.6 cm³/mol. The van der Waals surface area contributed by atoms with Crippen molar-refractivity contribution in [3.05, 3.63) is 11.4 Å². The molecule has 0 bridgehead atoms. The SMILES string of the molecule is Cc1nc(SC(C)C(=O)N2CCNC2=O)n(C2CCCC2)c1C. The Kier molecular flexibility index (Phi) is 4.66. The highest BCUT2D eigenvalue weighted by molar-refractivity contribution is 8.00. The molecule has 0 spiro atoms. The summed E-state index contributed by atoms with van der Waals surface area (Å²) in [6, 6.07) is 0.213. The summed E-state index contributed by atoms with van der Waals surface area (Å²) >= 11 is 1.47. The van der Waals surface area contributed by atoms with Crippen molar-refractivity contribution >= 4 is 23.7 Å². The molecule has 2 fully saturated rings. The van der Waals surface area contributed by atoms with Crippen molar-refractivity contribution in [2.24, 2.45) is 0 Å². The summed E-state index contributed by atoms with van der Waals surface area (Å²) in [6.45, 7) is 6.97. The largest absolute Gasteiger partial charge is 0.336 e. The van der Waals surface area contributed by atoms with Crippen LogP contribution in [0.4, 0.5) is 4.79 Å². The van der Waals surface area contributed by atoms with E-state index in [9.17, 15) is 9.59 Å². The smallest absolute Gasteiger partial charge is 0.324 e. The molecule has 7 heteroatoms. The Hall–Kier alpha value is -1.50. The minimum Gasteiger partial charge on any atom is -0.336 e. The summed E-state index contributed by atoms with van der Waals surface area (Å²) in [5.74, 6) is -0.138. The Balaban J connectivity index is 1.78. The van der Waals surface area contributed by atoms with Gasteiger partial charge in [-0.3, -0.25) is 9.69 Å². The molecule has 1 unspecified atom stereocenters. The van der Waals surface area contributed by atoms with Crippen LogP contribution in [0.2, 0.25) is 0 Å². The van der Waals surface area contributed by atoms with Gasteiger partial charge in [-0.2, -0.15) is 0 Å². The molecule has 0 aromatic carbocycles. The molecule has 1 aliphatic heterocycles. The number of imide groups is 1. The molecule has 1 saturated heterocycles. The standard InChI is InChI=1S/C16H24N4O2S/c1-10-11(2)20(13-6-4-5-7-13)16(18-10)23-12(3)14(21)19-9-8-17-15(19)22/h12-13H,4-9H2,1-3H3,(H,17,22). The van der Waals surface area contributed by atoms with E-state index in [2.05, 4.69) is 21.8 Å². The fourth-order valence-electron chi connectivity index (χ4n) is 3.38. The summed E-state index contributed by atoms with van der Waals surface area (Å²) < 4.78 is 2.31. The number of aromatic nitrogens is 2. The molecule has 1 aliphatic carbocycles. The zero-order valence-corrected chi connectivity index (χ0v) is 14.8. The Labute approximate surface area is 141 Å². The molecule has 3 amide bonds. The van der Waals surface area contributed by atoms with Gasteiger partial charge in [-0.15, -0.1) is 0 Å². The first-order valence-corrected chi connectivity index (χ1v) is 9.18. The molecule has 6 nitrogen and oxygen atoms in total. The van der Waals surface area contributed by atoms with Crippen LogP contribution in [0.15, 0.2) is 5.16 Å². The van der Waals surface area contributed by atoms with Crippen molar-refractivity contribution in [1.29, 1.82) is 0 Å². The number of carbonyl (C=O) groups excluding carboxylic acids is 2. The van der Waals surface area contributed by atoms with Gasteiger partial charge in [0.1, 0.15) is 0 Å². The monoisotopic (exact) mass is 336 g/mol. The Bertz CT molecular complexity index is 622. The molecule has 23 heavy (non-hydrogen) atoms. The lowest BCUT2D eigenvalue weighted by Crippen LogP contribution is -2.39. The van der Waals surface area contributed by atoms with Crippen molar-refractivity contribution in [2.45, 2.75) is 62.9 Å². The number of nitrogens with one attached hydrogen (secondary N) is 1. The number of amides is 3. The minimum atomic E-state index is -0.319. The lowest BCUT2D eigenvalue weighted by molar-refractivity contribution is -0.126. The van der Waals surface area contributed by atoms with Gasteiger partial charge >= 0.3 is 6.03 Å². The van der Waals surface area contributed by atoms with Gasteiger partial charge in [-0.1, -0.05) is 24.6 Å². The third-order valence-electron chi connectivity index (χ3n) is 4.80. The van der Waals surface area contributed by atoms with Crippen molar-refractivity contribution in [3.63, 3.8) is 0 Å². The minimum absolute atomic E-state index is 0.138. The van der Waals surface area contributed by atoms with Gasteiger partial charge in [0, 0.05) is 24.8 Å². The summed E-state index contributed by atoms with van der Waals surface area (Å²) in [4.78, 5) is 30.1. The number of urea groups is 1. The third kappa shape index (κ3) is 3.11. The lowest BCUT2D eigenvalue weighted by Gasteiger charge is -2.20. The Morgan fingerprint density at radius 2 is 2.04 bits per heavy atom. The second kappa shape index (κ2) is 6.55. The van der Waals surface area contributed by atoms with Crippen LogP contribution in [0.5, 0.6) is 0 Å². The molecule has 126 valence electrons. The van der Waals surface area contributed by atoms with Crippen LogP contribution in [-0.4, -0.2) is 44.7 Å². The normalized spacial score (nSPS) is 20.1. The zero-order valence-electron chi connectivity index (χ0n) is 14.0. The molecule has 1 aromatic heterocycles. The van der Waals surface area contributed by atoms with E-state index >= 15 is 0 Å². The van der Waals surface area contributed by atoms with Crippen LogP contribution >= 0.6 is 11.8 Å². The van der Waals surface area contributed by atoms with Gasteiger partial charge in [-0.25, -0.2) is 9.78 Å². The number of thioether (sulfide) groups is 1. The molecule has 1 aromatic rings. The van der Waals surface area contributed by atoms with Crippen LogP contribution in [0.1, 0.15) is 50.0 Å². The van der Waals surface area contributed by atoms with Crippen LogP contribution in [-0.2, 0) is 4.79 Å². The number of aryl methyl sites for hydroxylation is 1. The van der Waals surface area contributed by atoms with Crippen LogP contribution < -0.4 is 5.32 Å². The van der Waals surface area contributed by atoms with Crippen molar-refractivity contribution < 1.29 is 9.59 Å². The molecule has 1 saturated carbocycles. The van der Waals surface area contributed by atoms with Gasteiger partial charge < -0.3 is 9.88 Å². The fraction of sp³-hybridized carbons (Fsp3) is 0.688. The Morgan fingerprint density at radius 3 is 2.65 bits per heavy atom. The second-order valence-electron chi connectivity index (χ2n) is 6.36. The fourth-order valence-corrected chi connectivity index (χ4v) is 4.52. The highest BCUT2D eigenvalue weighted by Gasteiger charge is 2.32. The number of hydrogen-bond donors (Lipinski definition) is 1. The van der Waals surface area contributed by atoms with Gasteiger partial charge in [0.2, 0.25) is 5.91 Å². The van der Waals surface area contributed by atoms with E-state index in [-0.39, 0.29) is 17.2 Å². The molecular weight excluding hydrogens is 312 g/mol. The van der Waals surface area contributed by atoms with Gasteiger partial charge in [-0.05, 0) is 33.6 Å². The zero-order chi connectivity index (χ0) is 16.6. The average Bonchev–Trinajstić information content (AvgIpc) is 3.22. The van der Waals surface area contributed by atoms with E-state index in [0.717, 1.165) is 10.9 Å². The first-order valence-electron chi connectivity index (χ1n) is 8.30. The second-order valence-corrected chi connectivity index (χ2v) is 7.66. The predicted octanol–water partition coefficient (Wildman–Crippen LogP) is 2.65. The molecule has 3 rings (SSSR count). The molecule has 2 aliphatic rings. The maximum Gasteiger partial charge on any atom is 0.324 e. The molecule has 1 atom stereocenters. The van der Waals surface area contributed by atoms with E-state index in [1.54, 1.807) is 0 Å². The van der Waals surface area contributed by atoms with Crippen molar-refractivity contribution in [1.82, 2.24) is 19.8 Å². The molecule has 0 radical (unpaired) electrons. The summed E-state index contributed by atoms with van der Waals surface area (Å²) in [6.07, 6.45) is 4.88. The average molecular weight is 336 g/mol. The van der Waals surface area contributed by atoms with Crippen LogP contribution in [0.3, 0.4) is 0 Å². The van der Waals surface area contributed by atoms with Gasteiger partial charge in [0.15, 0.2) is 5.16 Å². The summed E-state index contributed by atoms with van der Waals surface area (Å²) in [7, 11) is 0. The van der Waals surface area contributed by atoms with Crippen molar-refractivity contribution in [2.75, 3.05) is 13.1 Å². The van der Waals surface area contributed by atoms with Crippen molar-refractivity contribution in [3.8, 4) is 0 Å². The molecule has 1 N–H and O–H groups in total. The van der Waals surface area contributed by atoms with Crippen LogP contribution in [0.25, 0.3) is 0 Å². The summed E-state index contributed by atoms with van der Waals surface area (Å²) in [5, 5.41) is 3.27. The number of imidazole rings is 1. The number of nitrogens with zero attached hydrogens (tertiary/aromatic N) is 3. The lowest BCUT2D eigenvalue weighted by atomic mass is 10.2. The molecule has 2 heterocycles. The number of rotatable bonds is 4. The Morgan fingerprint density at radius 1 is 1.35 bits per heavy atom.